The van der Waals surface area contributed by atoms with Gasteiger partial charge in [0.2, 0.25) is 29.5 Å². The highest BCUT2D eigenvalue weighted by Gasteiger charge is 2.29. The van der Waals surface area contributed by atoms with Crippen LogP contribution in [0.2, 0.25) is 0 Å². The molecule has 0 heterocycles. The van der Waals surface area contributed by atoms with Crippen LogP contribution in [0.15, 0.2) is 0 Å². The SMILES string of the molecule is CCC(C)C(NC(=O)C(C)NC(=O)CNC(=O)C(NC(=O)C(C)N)C(C)C)C(=O)NCC(=O)O. The number of rotatable bonds is 14. The van der Waals surface area contributed by atoms with Crippen LogP contribution in [0.4, 0.5) is 0 Å². The number of amides is 5. The van der Waals surface area contributed by atoms with Gasteiger partial charge in [-0.15, -0.1) is 0 Å². The molecule has 5 unspecified atom stereocenters. The number of hydrogen-bond acceptors (Lipinski definition) is 7. The predicted octanol–water partition coefficient (Wildman–Crippen LogP) is -2.17. The predicted molar refractivity (Wildman–Crippen MR) is 123 cm³/mol. The summed E-state index contributed by atoms with van der Waals surface area (Å²) >= 11 is 0. The van der Waals surface area contributed by atoms with E-state index in [1.807, 2.05) is 6.92 Å². The number of aliphatic carboxylic acids is 1. The highest BCUT2D eigenvalue weighted by atomic mass is 16.4. The Labute approximate surface area is 199 Å². The van der Waals surface area contributed by atoms with Gasteiger partial charge in [0.25, 0.3) is 0 Å². The highest BCUT2D eigenvalue weighted by molar-refractivity contribution is 5.94. The number of carboxylic acids is 1. The largest absolute Gasteiger partial charge is 0.480 e. The first-order valence-electron chi connectivity index (χ1n) is 11.1. The van der Waals surface area contributed by atoms with E-state index < -0.39 is 72.8 Å². The lowest BCUT2D eigenvalue weighted by molar-refractivity contribution is -0.139. The number of carboxylic acid groups (broad SMARTS) is 1. The van der Waals surface area contributed by atoms with E-state index >= 15 is 0 Å². The first kappa shape index (κ1) is 30.8. The molecule has 8 N–H and O–H groups in total. The van der Waals surface area contributed by atoms with Crippen LogP contribution in [0.5, 0.6) is 0 Å². The Kier molecular flexibility index (Phi) is 13.4. The molecule has 0 aliphatic carbocycles. The zero-order chi connectivity index (χ0) is 26.6. The molecular weight excluding hydrogens is 448 g/mol. The normalized spacial score (nSPS) is 15.2. The minimum Gasteiger partial charge on any atom is -0.480 e. The van der Waals surface area contributed by atoms with E-state index in [4.69, 9.17) is 10.8 Å². The zero-order valence-electron chi connectivity index (χ0n) is 20.6. The summed E-state index contributed by atoms with van der Waals surface area (Å²) in [5.41, 5.74) is 5.50. The average molecular weight is 487 g/mol. The minimum atomic E-state index is -1.22. The Hall–Kier alpha value is -3.22. The first-order chi connectivity index (χ1) is 15.7. The number of nitrogens with two attached hydrogens (primary N) is 1. The number of nitrogens with one attached hydrogen (secondary N) is 5. The zero-order valence-corrected chi connectivity index (χ0v) is 20.6. The van der Waals surface area contributed by atoms with Gasteiger partial charge in [0.15, 0.2) is 0 Å². The van der Waals surface area contributed by atoms with Crippen molar-refractivity contribution >= 4 is 35.5 Å². The Morgan fingerprint density at radius 2 is 1.24 bits per heavy atom. The van der Waals surface area contributed by atoms with Crippen molar-refractivity contribution < 1.29 is 33.9 Å². The third kappa shape index (κ3) is 11.1. The molecule has 0 saturated carbocycles. The summed E-state index contributed by atoms with van der Waals surface area (Å²) in [6, 6.07) is -3.73. The molecule has 0 bridgehead atoms. The van der Waals surface area contributed by atoms with Gasteiger partial charge >= 0.3 is 5.97 Å². The minimum absolute atomic E-state index is 0.264. The lowest BCUT2D eigenvalue weighted by Gasteiger charge is -2.25. The van der Waals surface area contributed by atoms with Crippen molar-refractivity contribution in [3.05, 3.63) is 0 Å². The highest BCUT2D eigenvalue weighted by Crippen LogP contribution is 2.08. The van der Waals surface area contributed by atoms with Crippen molar-refractivity contribution in [2.45, 2.75) is 72.1 Å². The number of hydrogen-bond donors (Lipinski definition) is 7. The Morgan fingerprint density at radius 3 is 1.71 bits per heavy atom. The molecular formula is C21H38N6O7. The smallest absolute Gasteiger partial charge is 0.322 e. The van der Waals surface area contributed by atoms with E-state index in [0.29, 0.717) is 6.42 Å². The van der Waals surface area contributed by atoms with Gasteiger partial charge in [-0.25, -0.2) is 0 Å². The van der Waals surface area contributed by atoms with Crippen molar-refractivity contribution in [3.63, 3.8) is 0 Å². The van der Waals surface area contributed by atoms with E-state index in [0.717, 1.165) is 0 Å². The summed E-state index contributed by atoms with van der Waals surface area (Å²) in [6.45, 7) is 8.82. The summed E-state index contributed by atoms with van der Waals surface area (Å²) in [5.74, 6) is -4.83. The van der Waals surface area contributed by atoms with Crippen molar-refractivity contribution in [2.75, 3.05) is 13.1 Å². The molecule has 0 aliphatic rings. The van der Waals surface area contributed by atoms with Gasteiger partial charge in [-0.2, -0.15) is 0 Å². The lowest BCUT2D eigenvalue weighted by atomic mass is 9.98. The third-order valence-electron chi connectivity index (χ3n) is 5.06. The van der Waals surface area contributed by atoms with Crippen LogP contribution in [-0.2, 0) is 28.8 Å². The molecule has 0 aromatic carbocycles. The van der Waals surface area contributed by atoms with Gasteiger partial charge in [0, 0.05) is 0 Å². The third-order valence-corrected chi connectivity index (χ3v) is 5.06. The quantitative estimate of drug-likeness (QED) is 0.143. The van der Waals surface area contributed by atoms with Crippen molar-refractivity contribution in [2.24, 2.45) is 17.6 Å². The maximum Gasteiger partial charge on any atom is 0.322 e. The van der Waals surface area contributed by atoms with Gasteiger partial charge in [-0.05, 0) is 25.7 Å². The summed E-state index contributed by atoms with van der Waals surface area (Å²) in [7, 11) is 0. The summed E-state index contributed by atoms with van der Waals surface area (Å²) < 4.78 is 0. The molecule has 0 aliphatic heterocycles. The molecule has 13 nitrogen and oxygen atoms in total. The standard InChI is InChI=1S/C21H38N6O7/c1-7-11(4)17(21(34)24-9-15(29)30)27-19(32)13(6)25-14(28)8-23-20(33)16(10(2)3)26-18(31)12(5)22/h10-13,16-17H,7-9,22H2,1-6H3,(H,23,33)(H,24,34)(H,25,28)(H,26,31)(H,27,32)(H,29,30). The molecule has 0 fully saturated rings. The van der Waals surface area contributed by atoms with Crippen LogP contribution >= 0.6 is 0 Å². The average Bonchev–Trinajstić information content (AvgIpc) is 2.76. The van der Waals surface area contributed by atoms with Crippen LogP contribution in [0.3, 0.4) is 0 Å². The molecule has 0 radical (unpaired) electrons. The second kappa shape index (κ2) is 14.8. The number of carbonyl (C=O) groups excluding carboxylic acids is 5. The van der Waals surface area contributed by atoms with E-state index in [2.05, 4.69) is 26.6 Å². The van der Waals surface area contributed by atoms with Crippen LogP contribution < -0.4 is 32.3 Å². The topological polar surface area (TPSA) is 209 Å². The first-order valence-corrected chi connectivity index (χ1v) is 11.1. The number of carbonyl (C=O) groups is 6. The summed E-state index contributed by atoms with van der Waals surface area (Å²) in [6.07, 6.45) is 0.536. The Bertz CT molecular complexity index is 756. The fourth-order valence-corrected chi connectivity index (χ4v) is 2.71. The summed E-state index contributed by atoms with van der Waals surface area (Å²) in [4.78, 5) is 71.9. The van der Waals surface area contributed by atoms with Crippen molar-refractivity contribution in [1.82, 2.24) is 26.6 Å². The van der Waals surface area contributed by atoms with Crippen molar-refractivity contribution in [1.29, 1.82) is 0 Å². The summed E-state index contributed by atoms with van der Waals surface area (Å²) in [5, 5.41) is 20.8. The van der Waals surface area contributed by atoms with Crippen molar-refractivity contribution in [3.8, 4) is 0 Å². The molecule has 0 saturated heterocycles. The molecule has 0 aromatic heterocycles. The van der Waals surface area contributed by atoms with Gasteiger partial charge in [-0.1, -0.05) is 34.1 Å². The molecule has 0 aromatic rings. The fraction of sp³-hybridized carbons (Fsp3) is 0.714. The molecule has 0 rings (SSSR count). The van der Waals surface area contributed by atoms with Crippen LogP contribution in [0.25, 0.3) is 0 Å². The lowest BCUT2D eigenvalue weighted by Crippen LogP contribution is -2.57. The fourth-order valence-electron chi connectivity index (χ4n) is 2.71. The van der Waals surface area contributed by atoms with Gasteiger partial charge in [-0.3, -0.25) is 28.8 Å². The van der Waals surface area contributed by atoms with E-state index in [1.165, 1.54) is 13.8 Å². The van der Waals surface area contributed by atoms with Gasteiger partial charge in [0.05, 0.1) is 12.6 Å². The Morgan fingerprint density at radius 1 is 0.735 bits per heavy atom. The monoisotopic (exact) mass is 486 g/mol. The Balaban J connectivity index is 4.90. The van der Waals surface area contributed by atoms with Gasteiger partial charge < -0.3 is 37.4 Å². The molecule has 34 heavy (non-hydrogen) atoms. The molecule has 13 heteroatoms. The van der Waals surface area contributed by atoms with E-state index in [1.54, 1.807) is 20.8 Å². The second-order valence-corrected chi connectivity index (χ2v) is 8.51. The van der Waals surface area contributed by atoms with Gasteiger partial charge in [0.1, 0.15) is 24.7 Å². The second-order valence-electron chi connectivity index (χ2n) is 8.51. The van der Waals surface area contributed by atoms with Crippen LogP contribution in [0.1, 0.15) is 48.0 Å². The molecule has 194 valence electrons. The van der Waals surface area contributed by atoms with E-state index in [-0.39, 0.29) is 11.8 Å². The van der Waals surface area contributed by atoms with Crippen LogP contribution in [-0.4, -0.2) is 77.9 Å². The maximum absolute atomic E-state index is 12.5. The van der Waals surface area contributed by atoms with Crippen LogP contribution in [0, 0.1) is 11.8 Å². The van der Waals surface area contributed by atoms with E-state index in [9.17, 15) is 28.8 Å². The molecule has 5 atom stereocenters. The molecule has 5 amide bonds. The maximum atomic E-state index is 12.5. The molecule has 0 spiro atoms.